The third kappa shape index (κ3) is 7.39. The van der Waals surface area contributed by atoms with E-state index >= 15 is 0 Å². The maximum atomic E-state index is 13.1. The first-order chi connectivity index (χ1) is 20.3. The number of aryl methyl sites for hydroxylation is 1. The molecule has 1 saturated heterocycles. The molecular weight excluding hydrogens is 551 g/mol. The Kier molecular flexibility index (Phi) is 8.93. The Balaban J connectivity index is 1.25. The first-order valence-corrected chi connectivity index (χ1v) is 13.4. The van der Waals surface area contributed by atoms with Gasteiger partial charge in [0.2, 0.25) is 5.95 Å². The van der Waals surface area contributed by atoms with Gasteiger partial charge in [-0.1, -0.05) is 12.1 Å². The van der Waals surface area contributed by atoms with Gasteiger partial charge in [-0.25, -0.2) is 9.97 Å². The molecule has 0 aliphatic carbocycles. The molecule has 0 atom stereocenters. The second kappa shape index (κ2) is 13.0. The van der Waals surface area contributed by atoms with Crippen LogP contribution in [0.15, 0.2) is 61.2 Å². The molecule has 3 N–H and O–H groups in total. The zero-order valence-electron chi connectivity index (χ0n) is 22.9. The van der Waals surface area contributed by atoms with Crippen molar-refractivity contribution in [2.45, 2.75) is 19.5 Å². The quantitative estimate of drug-likeness (QED) is 0.232. The number of nitrogens with zero attached hydrogens (tertiary/aromatic N) is 6. The lowest BCUT2D eigenvalue weighted by molar-refractivity contribution is -0.137. The van der Waals surface area contributed by atoms with E-state index in [1.807, 2.05) is 6.92 Å². The maximum Gasteiger partial charge on any atom is 0.416 e. The average Bonchev–Trinajstić information content (AvgIpc) is 3.45. The Morgan fingerprint density at radius 1 is 1.02 bits per heavy atom. The van der Waals surface area contributed by atoms with Gasteiger partial charge in [0.05, 0.1) is 18.8 Å². The summed E-state index contributed by atoms with van der Waals surface area (Å²) in [5.74, 6) is 0.925. The van der Waals surface area contributed by atoms with Crippen LogP contribution in [-0.2, 0) is 10.9 Å². The SMILES string of the molecule is Cc1ccc(C(=O)Nc2cccc(C(F)(F)F)c2)cc1Nc1ncnn1-c1cc(NCCCN2CCOCC2)ncn1. The zero-order chi connectivity index (χ0) is 29.5. The number of ether oxygens (including phenoxy) is 1. The molecule has 1 fully saturated rings. The fourth-order valence-corrected chi connectivity index (χ4v) is 4.39. The van der Waals surface area contributed by atoms with E-state index in [0.29, 0.717) is 23.3 Å². The number of aromatic nitrogens is 5. The summed E-state index contributed by atoms with van der Waals surface area (Å²) < 4.78 is 46.1. The number of anilines is 4. The van der Waals surface area contributed by atoms with Crippen molar-refractivity contribution >= 4 is 29.0 Å². The van der Waals surface area contributed by atoms with Crippen LogP contribution in [-0.4, -0.2) is 74.9 Å². The van der Waals surface area contributed by atoms with Gasteiger partial charge in [-0.15, -0.1) is 0 Å². The molecule has 4 aromatic rings. The van der Waals surface area contributed by atoms with Crippen molar-refractivity contribution in [3.63, 3.8) is 0 Å². The molecule has 1 amide bonds. The number of carbonyl (C=O) groups excluding carboxylic acids is 1. The predicted molar refractivity (Wildman–Crippen MR) is 151 cm³/mol. The number of rotatable bonds is 10. The molecule has 0 spiro atoms. The van der Waals surface area contributed by atoms with Gasteiger partial charge < -0.3 is 20.7 Å². The number of halogens is 3. The van der Waals surface area contributed by atoms with Crippen LogP contribution in [0, 0.1) is 6.92 Å². The third-order valence-electron chi connectivity index (χ3n) is 6.67. The molecule has 42 heavy (non-hydrogen) atoms. The molecule has 2 aromatic heterocycles. The van der Waals surface area contributed by atoms with Crippen LogP contribution >= 0.6 is 0 Å². The van der Waals surface area contributed by atoms with Gasteiger partial charge in [0.25, 0.3) is 5.91 Å². The van der Waals surface area contributed by atoms with Crippen molar-refractivity contribution in [2.24, 2.45) is 0 Å². The highest BCUT2D eigenvalue weighted by molar-refractivity contribution is 6.05. The lowest BCUT2D eigenvalue weighted by atomic mass is 10.1. The van der Waals surface area contributed by atoms with E-state index in [2.05, 4.69) is 40.9 Å². The molecular formula is C28H30F3N9O2. The maximum absolute atomic E-state index is 13.1. The van der Waals surface area contributed by atoms with Gasteiger partial charge in [-0.3, -0.25) is 9.69 Å². The highest BCUT2D eigenvalue weighted by Crippen LogP contribution is 2.31. The fraction of sp³-hybridized carbons (Fsp3) is 0.321. The number of amides is 1. The van der Waals surface area contributed by atoms with E-state index in [9.17, 15) is 18.0 Å². The molecule has 11 nitrogen and oxygen atoms in total. The summed E-state index contributed by atoms with van der Waals surface area (Å²) in [5.41, 5.74) is 0.819. The lowest BCUT2D eigenvalue weighted by Gasteiger charge is -2.26. The van der Waals surface area contributed by atoms with Gasteiger partial charge in [0.15, 0.2) is 5.82 Å². The normalized spacial score (nSPS) is 14.0. The van der Waals surface area contributed by atoms with Crippen molar-refractivity contribution in [2.75, 3.05) is 55.3 Å². The smallest absolute Gasteiger partial charge is 0.379 e. The van der Waals surface area contributed by atoms with E-state index < -0.39 is 17.6 Å². The van der Waals surface area contributed by atoms with E-state index in [-0.39, 0.29) is 11.3 Å². The molecule has 1 aliphatic heterocycles. The number of hydrogen-bond acceptors (Lipinski definition) is 9. The summed E-state index contributed by atoms with van der Waals surface area (Å²) in [5, 5.41) is 13.3. The Hall–Kier alpha value is -4.56. The van der Waals surface area contributed by atoms with Gasteiger partial charge in [0.1, 0.15) is 18.5 Å². The number of alkyl halides is 3. The standard InChI is InChI=1S/C28H30F3N9O2/c1-19-6-7-20(26(41)37-22-5-2-4-21(15-22)28(29,30)31)14-23(19)38-27-35-18-36-40(27)25-16-24(33-17-34-25)32-8-3-9-39-10-12-42-13-11-39/h2,4-7,14-18H,3,8-13H2,1H3,(H,37,41)(H,32,33,34)(H,35,36,38). The van der Waals surface area contributed by atoms with Crippen molar-refractivity contribution < 1.29 is 22.7 Å². The predicted octanol–water partition coefficient (Wildman–Crippen LogP) is 4.51. The molecule has 0 bridgehead atoms. The van der Waals surface area contributed by atoms with Crippen molar-refractivity contribution in [1.82, 2.24) is 29.6 Å². The topological polar surface area (TPSA) is 122 Å². The van der Waals surface area contributed by atoms with Crippen LogP contribution < -0.4 is 16.0 Å². The highest BCUT2D eigenvalue weighted by atomic mass is 19.4. The first kappa shape index (κ1) is 29.0. The summed E-state index contributed by atoms with van der Waals surface area (Å²) in [6.45, 7) is 7.00. The Morgan fingerprint density at radius 3 is 2.67 bits per heavy atom. The number of benzene rings is 2. The third-order valence-corrected chi connectivity index (χ3v) is 6.67. The molecule has 0 saturated carbocycles. The Labute approximate surface area is 240 Å². The second-order valence-corrected chi connectivity index (χ2v) is 9.68. The van der Waals surface area contributed by atoms with Crippen LogP contribution in [0.2, 0.25) is 0 Å². The number of carbonyl (C=O) groups is 1. The van der Waals surface area contributed by atoms with E-state index in [1.54, 1.807) is 24.3 Å². The monoisotopic (exact) mass is 581 g/mol. The number of nitrogens with one attached hydrogen (secondary N) is 3. The van der Waals surface area contributed by atoms with Gasteiger partial charge in [-0.2, -0.15) is 27.9 Å². The lowest BCUT2D eigenvalue weighted by Crippen LogP contribution is -2.37. The van der Waals surface area contributed by atoms with Gasteiger partial charge in [0, 0.05) is 42.6 Å². The van der Waals surface area contributed by atoms with Crippen molar-refractivity contribution in [3.05, 3.63) is 77.9 Å². The van der Waals surface area contributed by atoms with Crippen LogP contribution in [0.5, 0.6) is 0 Å². The summed E-state index contributed by atoms with van der Waals surface area (Å²) in [6.07, 6.45) is -0.748. The minimum atomic E-state index is -4.51. The number of hydrogen-bond donors (Lipinski definition) is 3. The molecule has 3 heterocycles. The largest absolute Gasteiger partial charge is 0.416 e. The minimum Gasteiger partial charge on any atom is -0.379 e. The molecule has 0 unspecified atom stereocenters. The van der Waals surface area contributed by atoms with Crippen molar-refractivity contribution in [3.8, 4) is 5.82 Å². The Morgan fingerprint density at radius 2 is 1.86 bits per heavy atom. The molecule has 14 heteroatoms. The van der Waals surface area contributed by atoms with Crippen molar-refractivity contribution in [1.29, 1.82) is 0 Å². The molecule has 0 radical (unpaired) electrons. The molecule has 1 aliphatic rings. The van der Waals surface area contributed by atoms with Gasteiger partial charge >= 0.3 is 6.18 Å². The van der Waals surface area contributed by atoms with Crippen LogP contribution in [0.1, 0.15) is 27.9 Å². The van der Waals surface area contributed by atoms with Crippen LogP contribution in [0.3, 0.4) is 0 Å². The second-order valence-electron chi connectivity index (χ2n) is 9.68. The fourth-order valence-electron chi connectivity index (χ4n) is 4.39. The van der Waals surface area contributed by atoms with E-state index in [4.69, 9.17) is 4.74 Å². The summed E-state index contributed by atoms with van der Waals surface area (Å²) in [4.78, 5) is 28.2. The molecule has 5 rings (SSSR count). The van der Waals surface area contributed by atoms with E-state index in [0.717, 1.165) is 63.5 Å². The minimum absolute atomic E-state index is 0.0407. The molecule has 220 valence electrons. The van der Waals surface area contributed by atoms with Crippen LogP contribution in [0.25, 0.3) is 5.82 Å². The first-order valence-electron chi connectivity index (χ1n) is 13.4. The van der Waals surface area contributed by atoms with Gasteiger partial charge in [-0.05, 0) is 55.8 Å². The summed E-state index contributed by atoms with van der Waals surface area (Å²) >= 11 is 0. The number of morpholine rings is 1. The van der Waals surface area contributed by atoms with E-state index in [1.165, 1.54) is 29.5 Å². The average molecular weight is 582 g/mol. The van der Waals surface area contributed by atoms with Crippen LogP contribution in [0.4, 0.5) is 36.3 Å². The highest BCUT2D eigenvalue weighted by Gasteiger charge is 2.30. The summed E-state index contributed by atoms with van der Waals surface area (Å²) in [7, 11) is 0. The zero-order valence-corrected chi connectivity index (χ0v) is 22.9. The summed E-state index contributed by atoms with van der Waals surface area (Å²) in [6, 6.07) is 11.2. The molecule has 2 aromatic carbocycles. The Bertz CT molecular complexity index is 1520.